The molecule has 0 bridgehead atoms. The summed E-state index contributed by atoms with van der Waals surface area (Å²) in [6, 6.07) is 11.1. The van der Waals surface area contributed by atoms with Gasteiger partial charge in [-0.15, -0.1) is 0 Å². The van der Waals surface area contributed by atoms with E-state index in [-0.39, 0.29) is 0 Å². The quantitative estimate of drug-likeness (QED) is 0.851. The summed E-state index contributed by atoms with van der Waals surface area (Å²) >= 11 is 5.23. The van der Waals surface area contributed by atoms with Crippen LogP contribution in [0.4, 0.5) is 0 Å². The summed E-state index contributed by atoms with van der Waals surface area (Å²) in [4.78, 5) is 0. The molecule has 0 amide bonds. The van der Waals surface area contributed by atoms with Crippen LogP contribution in [0.1, 0.15) is 30.5 Å². The lowest BCUT2D eigenvalue weighted by Crippen LogP contribution is -2.22. The molecule has 3 heteroatoms. The highest BCUT2D eigenvalue weighted by atomic mass is 79.9. The third-order valence-electron chi connectivity index (χ3n) is 2.68. The molecular formula is C14H16BrNS. The minimum absolute atomic E-state index is 0.314. The van der Waals surface area contributed by atoms with Crippen LogP contribution >= 0.6 is 27.3 Å². The SMILES string of the molecule is CCCNC(c1ccc(Br)cc1)c1ccsc1. The fourth-order valence-electron chi connectivity index (χ4n) is 1.81. The molecule has 1 unspecified atom stereocenters. The van der Waals surface area contributed by atoms with E-state index in [0.29, 0.717) is 6.04 Å². The van der Waals surface area contributed by atoms with Gasteiger partial charge in [-0.25, -0.2) is 0 Å². The second-order valence-corrected chi connectivity index (χ2v) is 5.69. The third kappa shape index (κ3) is 3.41. The fraction of sp³-hybridized carbons (Fsp3) is 0.286. The van der Waals surface area contributed by atoms with Gasteiger partial charge in [-0.05, 0) is 53.1 Å². The fourth-order valence-corrected chi connectivity index (χ4v) is 2.76. The zero-order chi connectivity index (χ0) is 12.1. The van der Waals surface area contributed by atoms with Crippen LogP contribution in [-0.2, 0) is 0 Å². The van der Waals surface area contributed by atoms with E-state index in [9.17, 15) is 0 Å². The minimum Gasteiger partial charge on any atom is -0.306 e. The molecule has 1 atom stereocenters. The number of hydrogen-bond acceptors (Lipinski definition) is 2. The molecule has 2 aromatic rings. The summed E-state index contributed by atoms with van der Waals surface area (Å²) < 4.78 is 1.13. The molecule has 0 spiro atoms. The van der Waals surface area contributed by atoms with Gasteiger partial charge in [-0.2, -0.15) is 11.3 Å². The van der Waals surface area contributed by atoms with Crippen molar-refractivity contribution in [1.82, 2.24) is 5.32 Å². The standard InChI is InChI=1S/C14H16BrNS/c1-2-8-16-14(12-7-9-17-10-12)11-3-5-13(15)6-4-11/h3-7,9-10,14,16H,2,8H2,1H3. The van der Waals surface area contributed by atoms with Crippen molar-refractivity contribution in [1.29, 1.82) is 0 Å². The van der Waals surface area contributed by atoms with Gasteiger partial charge in [-0.3, -0.25) is 0 Å². The van der Waals surface area contributed by atoms with Gasteiger partial charge in [0.05, 0.1) is 6.04 Å². The maximum Gasteiger partial charge on any atom is 0.0584 e. The van der Waals surface area contributed by atoms with Gasteiger partial charge in [-0.1, -0.05) is 35.0 Å². The van der Waals surface area contributed by atoms with Crippen molar-refractivity contribution in [3.8, 4) is 0 Å². The molecule has 0 saturated carbocycles. The first-order chi connectivity index (χ1) is 8.31. The number of thiophene rings is 1. The molecule has 0 aliphatic rings. The molecule has 17 heavy (non-hydrogen) atoms. The molecule has 0 saturated heterocycles. The first-order valence-corrected chi connectivity index (χ1v) is 7.55. The van der Waals surface area contributed by atoms with Gasteiger partial charge in [0.25, 0.3) is 0 Å². The maximum atomic E-state index is 3.60. The highest BCUT2D eigenvalue weighted by Crippen LogP contribution is 2.25. The van der Waals surface area contributed by atoms with Crippen molar-refractivity contribution >= 4 is 27.3 Å². The first kappa shape index (κ1) is 12.8. The lowest BCUT2D eigenvalue weighted by Gasteiger charge is -2.18. The van der Waals surface area contributed by atoms with Crippen molar-refractivity contribution in [2.45, 2.75) is 19.4 Å². The lowest BCUT2D eigenvalue weighted by atomic mass is 10.0. The summed E-state index contributed by atoms with van der Waals surface area (Å²) in [6.07, 6.45) is 1.15. The van der Waals surface area contributed by atoms with Crippen molar-refractivity contribution in [2.75, 3.05) is 6.54 Å². The van der Waals surface area contributed by atoms with E-state index >= 15 is 0 Å². The summed E-state index contributed by atoms with van der Waals surface area (Å²) in [5.74, 6) is 0. The van der Waals surface area contributed by atoms with Crippen LogP contribution in [0.2, 0.25) is 0 Å². The number of nitrogens with one attached hydrogen (secondary N) is 1. The zero-order valence-corrected chi connectivity index (χ0v) is 12.2. The smallest absolute Gasteiger partial charge is 0.0584 e. The third-order valence-corrected chi connectivity index (χ3v) is 3.91. The zero-order valence-electron chi connectivity index (χ0n) is 9.82. The molecule has 0 aliphatic carbocycles. The molecular weight excluding hydrogens is 294 g/mol. The Morgan fingerprint density at radius 3 is 2.53 bits per heavy atom. The molecule has 1 aromatic carbocycles. The summed E-state index contributed by atoms with van der Waals surface area (Å²) in [7, 11) is 0. The van der Waals surface area contributed by atoms with Crippen LogP contribution in [0.25, 0.3) is 0 Å². The van der Waals surface area contributed by atoms with Gasteiger partial charge >= 0.3 is 0 Å². The molecule has 1 aromatic heterocycles. The lowest BCUT2D eigenvalue weighted by molar-refractivity contribution is 0.600. The number of rotatable bonds is 5. The van der Waals surface area contributed by atoms with E-state index in [4.69, 9.17) is 0 Å². The Balaban J connectivity index is 2.23. The average molecular weight is 310 g/mol. The Morgan fingerprint density at radius 1 is 1.18 bits per heavy atom. The molecule has 1 nitrogen and oxygen atoms in total. The predicted octanol–water partition coefficient (Wildman–Crippen LogP) is 4.60. The second kappa shape index (κ2) is 6.34. The van der Waals surface area contributed by atoms with Crippen molar-refractivity contribution < 1.29 is 0 Å². The summed E-state index contributed by atoms with van der Waals surface area (Å²) in [5.41, 5.74) is 2.67. The van der Waals surface area contributed by atoms with Crippen LogP contribution in [0.15, 0.2) is 45.6 Å². The van der Waals surface area contributed by atoms with E-state index < -0.39 is 0 Å². The number of benzene rings is 1. The Hall–Kier alpha value is -0.640. The van der Waals surface area contributed by atoms with Crippen LogP contribution < -0.4 is 5.32 Å². The molecule has 90 valence electrons. The summed E-state index contributed by atoms with van der Waals surface area (Å²) in [5, 5.41) is 7.95. The normalized spacial score (nSPS) is 12.6. The molecule has 0 radical (unpaired) electrons. The number of hydrogen-bond donors (Lipinski definition) is 1. The molecule has 1 heterocycles. The van der Waals surface area contributed by atoms with Crippen molar-refractivity contribution in [3.63, 3.8) is 0 Å². The van der Waals surface area contributed by atoms with Gasteiger partial charge in [0, 0.05) is 4.47 Å². The minimum atomic E-state index is 0.314. The Kier molecular flexibility index (Phi) is 4.77. The van der Waals surface area contributed by atoms with Gasteiger partial charge in [0.1, 0.15) is 0 Å². The van der Waals surface area contributed by atoms with Gasteiger partial charge in [0.2, 0.25) is 0 Å². The topological polar surface area (TPSA) is 12.0 Å². The molecule has 0 fully saturated rings. The Labute approximate surface area is 115 Å². The second-order valence-electron chi connectivity index (χ2n) is 4.00. The predicted molar refractivity (Wildman–Crippen MR) is 78.6 cm³/mol. The van der Waals surface area contributed by atoms with E-state index in [2.05, 4.69) is 69.3 Å². The molecule has 2 rings (SSSR count). The maximum absolute atomic E-state index is 3.60. The summed E-state index contributed by atoms with van der Waals surface area (Å²) in [6.45, 7) is 3.23. The largest absolute Gasteiger partial charge is 0.306 e. The molecule has 1 N–H and O–H groups in total. The van der Waals surface area contributed by atoms with Gasteiger partial charge < -0.3 is 5.32 Å². The monoisotopic (exact) mass is 309 g/mol. The highest BCUT2D eigenvalue weighted by molar-refractivity contribution is 9.10. The van der Waals surface area contributed by atoms with Crippen molar-refractivity contribution in [3.05, 3.63) is 56.7 Å². The van der Waals surface area contributed by atoms with E-state index in [1.165, 1.54) is 11.1 Å². The van der Waals surface area contributed by atoms with E-state index in [1.807, 2.05) is 0 Å². The Morgan fingerprint density at radius 2 is 1.94 bits per heavy atom. The van der Waals surface area contributed by atoms with Crippen LogP contribution in [0.5, 0.6) is 0 Å². The van der Waals surface area contributed by atoms with Crippen LogP contribution in [-0.4, -0.2) is 6.54 Å². The first-order valence-electron chi connectivity index (χ1n) is 5.82. The molecule has 0 aliphatic heterocycles. The Bertz CT molecular complexity index is 436. The highest BCUT2D eigenvalue weighted by Gasteiger charge is 2.13. The number of halogens is 1. The van der Waals surface area contributed by atoms with Crippen molar-refractivity contribution in [2.24, 2.45) is 0 Å². The van der Waals surface area contributed by atoms with E-state index in [1.54, 1.807) is 11.3 Å². The van der Waals surface area contributed by atoms with Gasteiger partial charge in [0.15, 0.2) is 0 Å². The van der Waals surface area contributed by atoms with Crippen LogP contribution in [0, 0.1) is 0 Å². The average Bonchev–Trinajstić information content (AvgIpc) is 2.85. The van der Waals surface area contributed by atoms with E-state index in [0.717, 1.165) is 17.4 Å². The van der Waals surface area contributed by atoms with Crippen LogP contribution in [0.3, 0.4) is 0 Å².